The summed E-state index contributed by atoms with van der Waals surface area (Å²) in [7, 11) is 0. The van der Waals surface area contributed by atoms with Crippen LogP contribution in [0.3, 0.4) is 0 Å². The predicted molar refractivity (Wildman–Crippen MR) is 103 cm³/mol. The normalized spacial score (nSPS) is 16.1. The molecule has 1 fully saturated rings. The van der Waals surface area contributed by atoms with Crippen molar-refractivity contribution in [2.75, 3.05) is 31.6 Å². The first kappa shape index (κ1) is 18.7. The summed E-state index contributed by atoms with van der Waals surface area (Å²) >= 11 is 5.93. The number of nitrogens with zero attached hydrogens (tertiary/aromatic N) is 1. The molecule has 0 radical (unpaired) electrons. The molecule has 6 heteroatoms. The summed E-state index contributed by atoms with van der Waals surface area (Å²) in [6.45, 7) is 6.10. The van der Waals surface area contributed by atoms with E-state index in [2.05, 4.69) is 10.2 Å². The van der Waals surface area contributed by atoms with Gasteiger partial charge in [0, 0.05) is 30.3 Å². The molecule has 26 heavy (non-hydrogen) atoms. The van der Waals surface area contributed by atoms with Crippen LogP contribution < -0.4 is 10.1 Å². The zero-order valence-corrected chi connectivity index (χ0v) is 15.5. The van der Waals surface area contributed by atoms with E-state index in [4.69, 9.17) is 21.1 Å². The lowest BCUT2D eigenvalue weighted by atomic mass is 10.2. The Balaban J connectivity index is 1.51. The number of halogens is 1. The third kappa shape index (κ3) is 5.46. The summed E-state index contributed by atoms with van der Waals surface area (Å²) in [5.41, 5.74) is 1.97. The fourth-order valence-electron chi connectivity index (χ4n) is 2.75. The number of nitrogens with one attached hydrogen (secondary N) is 1. The number of carbonyl (C=O) groups is 1. The molecule has 2 aromatic carbocycles. The van der Waals surface area contributed by atoms with E-state index in [0.717, 1.165) is 38.5 Å². The highest BCUT2D eigenvalue weighted by molar-refractivity contribution is 6.30. The van der Waals surface area contributed by atoms with Crippen molar-refractivity contribution in [3.05, 3.63) is 59.1 Å². The van der Waals surface area contributed by atoms with Crippen molar-refractivity contribution in [1.29, 1.82) is 0 Å². The number of hydrogen-bond acceptors (Lipinski definition) is 4. The molecule has 1 heterocycles. The standard InChI is InChI=1S/C20H23ClN2O3/c1-15(26-19-4-2-3-17(21)13-19)20(24)22-18-7-5-16(6-8-18)14-23-9-11-25-12-10-23/h2-8,13,15H,9-12,14H2,1H3,(H,22,24)/t15-/m1/s1. The molecule has 0 aromatic heterocycles. The van der Waals surface area contributed by atoms with Crippen LogP contribution in [0.5, 0.6) is 5.75 Å². The number of hydrogen-bond donors (Lipinski definition) is 1. The van der Waals surface area contributed by atoms with E-state index in [9.17, 15) is 4.79 Å². The van der Waals surface area contributed by atoms with Crippen LogP contribution in [0.1, 0.15) is 12.5 Å². The number of carbonyl (C=O) groups excluding carboxylic acids is 1. The molecule has 1 saturated heterocycles. The van der Waals surface area contributed by atoms with Crippen molar-refractivity contribution in [1.82, 2.24) is 4.90 Å². The minimum atomic E-state index is -0.624. The highest BCUT2D eigenvalue weighted by Crippen LogP contribution is 2.19. The maximum absolute atomic E-state index is 12.3. The molecule has 1 N–H and O–H groups in total. The zero-order valence-electron chi connectivity index (χ0n) is 14.8. The van der Waals surface area contributed by atoms with E-state index in [-0.39, 0.29) is 5.91 Å². The molecule has 1 atom stereocenters. The fourth-order valence-corrected chi connectivity index (χ4v) is 2.93. The Morgan fingerprint density at radius 1 is 1.23 bits per heavy atom. The van der Waals surface area contributed by atoms with E-state index >= 15 is 0 Å². The monoisotopic (exact) mass is 374 g/mol. The Labute approximate surface area is 158 Å². The van der Waals surface area contributed by atoms with Crippen LogP contribution in [0.2, 0.25) is 5.02 Å². The van der Waals surface area contributed by atoms with Gasteiger partial charge in [0.2, 0.25) is 0 Å². The average molecular weight is 375 g/mol. The molecular weight excluding hydrogens is 352 g/mol. The Hall–Kier alpha value is -2.08. The fraction of sp³-hybridized carbons (Fsp3) is 0.350. The Morgan fingerprint density at radius 3 is 2.65 bits per heavy atom. The number of amides is 1. The minimum Gasteiger partial charge on any atom is -0.481 e. The van der Waals surface area contributed by atoms with E-state index < -0.39 is 6.10 Å². The molecule has 138 valence electrons. The molecule has 5 nitrogen and oxygen atoms in total. The van der Waals surface area contributed by atoms with Crippen LogP contribution in [0.15, 0.2) is 48.5 Å². The maximum atomic E-state index is 12.3. The van der Waals surface area contributed by atoms with Gasteiger partial charge in [-0.1, -0.05) is 29.8 Å². The molecule has 0 spiro atoms. The van der Waals surface area contributed by atoms with E-state index in [0.29, 0.717) is 10.8 Å². The summed E-state index contributed by atoms with van der Waals surface area (Å²) in [6.07, 6.45) is -0.624. The van der Waals surface area contributed by atoms with Crippen molar-refractivity contribution in [3.63, 3.8) is 0 Å². The smallest absolute Gasteiger partial charge is 0.265 e. The molecule has 1 amide bonds. The lowest BCUT2D eigenvalue weighted by Gasteiger charge is -2.26. The molecule has 1 aliphatic rings. The van der Waals surface area contributed by atoms with Gasteiger partial charge in [0.05, 0.1) is 13.2 Å². The van der Waals surface area contributed by atoms with Crippen LogP contribution in [0, 0.1) is 0 Å². The molecule has 0 saturated carbocycles. The molecular formula is C20H23ClN2O3. The van der Waals surface area contributed by atoms with Gasteiger partial charge in [0.1, 0.15) is 5.75 Å². The second-order valence-electron chi connectivity index (χ2n) is 6.29. The van der Waals surface area contributed by atoms with E-state index in [1.807, 2.05) is 24.3 Å². The number of rotatable bonds is 6. The Kier molecular flexibility index (Phi) is 6.50. The van der Waals surface area contributed by atoms with E-state index in [1.165, 1.54) is 5.56 Å². The maximum Gasteiger partial charge on any atom is 0.265 e. The molecule has 0 aliphatic carbocycles. The second-order valence-corrected chi connectivity index (χ2v) is 6.73. The SMILES string of the molecule is C[C@@H](Oc1cccc(Cl)c1)C(=O)Nc1ccc(CN2CCOCC2)cc1. The van der Waals surface area contributed by atoms with Gasteiger partial charge in [-0.2, -0.15) is 0 Å². The zero-order chi connectivity index (χ0) is 18.4. The van der Waals surface area contributed by atoms with Gasteiger partial charge in [-0.25, -0.2) is 0 Å². The first-order valence-corrected chi connectivity index (χ1v) is 9.10. The van der Waals surface area contributed by atoms with Gasteiger partial charge in [-0.05, 0) is 42.8 Å². The first-order valence-electron chi connectivity index (χ1n) is 8.72. The van der Waals surface area contributed by atoms with Gasteiger partial charge in [0.15, 0.2) is 6.10 Å². The van der Waals surface area contributed by atoms with Gasteiger partial charge in [-0.3, -0.25) is 9.69 Å². The third-order valence-electron chi connectivity index (χ3n) is 4.21. The lowest BCUT2D eigenvalue weighted by Crippen LogP contribution is -2.35. The number of morpholine rings is 1. The van der Waals surface area contributed by atoms with Crippen LogP contribution in [-0.2, 0) is 16.1 Å². The topological polar surface area (TPSA) is 50.8 Å². The largest absolute Gasteiger partial charge is 0.481 e. The minimum absolute atomic E-state index is 0.203. The summed E-state index contributed by atoms with van der Waals surface area (Å²) in [5.74, 6) is 0.368. The Morgan fingerprint density at radius 2 is 1.96 bits per heavy atom. The first-order chi connectivity index (χ1) is 12.6. The number of benzene rings is 2. The molecule has 1 aliphatic heterocycles. The average Bonchev–Trinajstić information content (AvgIpc) is 2.64. The Bertz CT molecular complexity index is 730. The van der Waals surface area contributed by atoms with E-state index in [1.54, 1.807) is 31.2 Å². The molecule has 3 rings (SSSR count). The predicted octanol–water partition coefficient (Wildman–Crippen LogP) is 3.58. The summed E-state index contributed by atoms with van der Waals surface area (Å²) in [5, 5.41) is 3.45. The van der Waals surface area contributed by atoms with Gasteiger partial charge in [-0.15, -0.1) is 0 Å². The molecule has 2 aromatic rings. The molecule has 0 bridgehead atoms. The van der Waals surface area contributed by atoms with Crippen molar-refractivity contribution >= 4 is 23.2 Å². The van der Waals surface area contributed by atoms with Crippen molar-refractivity contribution < 1.29 is 14.3 Å². The van der Waals surface area contributed by atoms with Crippen LogP contribution in [0.4, 0.5) is 5.69 Å². The number of ether oxygens (including phenoxy) is 2. The van der Waals surface area contributed by atoms with Crippen molar-refractivity contribution in [3.8, 4) is 5.75 Å². The number of anilines is 1. The van der Waals surface area contributed by atoms with Crippen LogP contribution >= 0.6 is 11.6 Å². The quantitative estimate of drug-likeness (QED) is 0.839. The highest BCUT2D eigenvalue weighted by Gasteiger charge is 2.15. The van der Waals surface area contributed by atoms with Gasteiger partial charge >= 0.3 is 0 Å². The van der Waals surface area contributed by atoms with Crippen molar-refractivity contribution in [2.24, 2.45) is 0 Å². The van der Waals surface area contributed by atoms with Gasteiger partial charge < -0.3 is 14.8 Å². The lowest BCUT2D eigenvalue weighted by molar-refractivity contribution is -0.122. The summed E-state index contributed by atoms with van der Waals surface area (Å²) in [6, 6.07) is 14.9. The van der Waals surface area contributed by atoms with Crippen molar-refractivity contribution in [2.45, 2.75) is 19.6 Å². The molecule has 0 unspecified atom stereocenters. The highest BCUT2D eigenvalue weighted by atomic mass is 35.5. The third-order valence-corrected chi connectivity index (χ3v) is 4.44. The van der Waals surface area contributed by atoms with Crippen LogP contribution in [0.25, 0.3) is 0 Å². The summed E-state index contributed by atoms with van der Waals surface area (Å²) in [4.78, 5) is 14.7. The van der Waals surface area contributed by atoms with Crippen LogP contribution in [-0.4, -0.2) is 43.2 Å². The summed E-state index contributed by atoms with van der Waals surface area (Å²) < 4.78 is 11.0. The van der Waals surface area contributed by atoms with Gasteiger partial charge in [0.25, 0.3) is 5.91 Å². The second kappa shape index (κ2) is 9.03.